The summed E-state index contributed by atoms with van der Waals surface area (Å²) in [4.78, 5) is 25.2. The van der Waals surface area contributed by atoms with E-state index in [2.05, 4.69) is 0 Å². The average Bonchev–Trinajstić information content (AvgIpc) is 3.27. The molecule has 0 aromatic heterocycles. The van der Waals surface area contributed by atoms with Gasteiger partial charge in [0, 0.05) is 12.2 Å². The topological polar surface area (TPSA) is 86.7 Å². The first-order valence-corrected chi connectivity index (χ1v) is 10.3. The van der Waals surface area contributed by atoms with Crippen LogP contribution in [0.4, 0.5) is 0 Å². The van der Waals surface area contributed by atoms with Crippen LogP contribution in [0.3, 0.4) is 0 Å². The second-order valence-corrected chi connectivity index (χ2v) is 8.30. The molecule has 25 heavy (non-hydrogen) atoms. The molecule has 0 unspecified atom stereocenters. The molecular weight excluding hydrogens is 344 g/mol. The van der Waals surface area contributed by atoms with Gasteiger partial charge in [0.15, 0.2) is 15.3 Å². The first kappa shape index (κ1) is 19.4. The molecule has 138 valence electrons. The molecule has 0 radical (unpaired) electrons. The Morgan fingerprint density at radius 2 is 1.48 bits per heavy atom. The van der Waals surface area contributed by atoms with Crippen molar-refractivity contribution in [3.63, 3.8) is 0 Å². The summed E-state index contributed by atoms with van der Waals surface area (Å²) in [6.07, 6.45) is 1.87. The summed E-state index contributed by atoms with van der Waals surface area (Å²) in [5.74, 6) is -2.48. The van der Waals surface area contributed by atoms with E-state index in [0.717, 1.165) is 18.2 Å². The van der Waals surface area contributed by atoms with Gasteiger partial charge in [0.2, 0.25) is 0 Å². The van der Waals surface area contributed by atoms with E-state index < -0.39 is 38.4 Å². The summed E-state index contributed by atoms with van der Waals surface area (Å²) in [6, 6.07) is 7.27. The van der Waals surface area contributed by atoms with Crippen molar-refractivity contribution in [2.75, 3.05) is 19.5 Å². The Morgan fingerprint density at radius 1 is 1.00 bits per heavy atom. The van der Waals surface area contributed by atoms with Gasteiger partial charge in [0.25, 0.3) is 0 Å². The fraction of sp³-hybridized carbons (Fsp3) is 0.556. The minimum atomic E-state index is -3.68. The van der Waals surface area contributed by atoms with Crippen LogP contribution in [0.1, 0.15) is 37.8 Å². The normalized spacial score (nSPS) is 21.4. The summed E-state index contributed by atoms with van der Waals surface area (Å²) in [6.45, 7) is 5.34. The first-order valence-electron chi connectivity index (χ1n) is 8.37. The Hall–Kier alpha value is -1.89. The summed E-state index contributed by atoms with van der Waals surface area (Å²) in [5, 5.41) is -1.18. The number of hydrogen-bond acceptors (Lipinski definition) is 6. The third kappa shape index (κ3) is 3.29. The van der Waals surface area contributed by atoms with E-state index in [4.69, 9.17) is 9.47 Å². The summed E-state index contributed by atoms with van der Waals surface area (Å²) < 4.78 is 34.7. The first-order chi connectivity index (χ1) is 11.7. The van der Waals surface area contributed by atoms with E-state index in [1.165, 1.54) is 0 Å². The van der Waals surface area contributed by atoms with Crippen molar-refractivity contribution in [2.24, 2.45) is 5.41 Å². The third-order valence-corrected chi connectivity index (χ3v) is 6.13. The summed E-state index contributed by atoms with van der Waals surface area (Å²) >= 11 is 0. The number of carbonyl (C=O) groups is 2. The number of rotatable bonds is 7. The number of carbonyl (C=O) groups excluding carboxylic acids is 2. The molecular formula is C18H24O6S. The molecule has 6 nitrogen and oxygen atoms in total. The predicted octanol–water partition coefficient (Wildman–Crippen LogP) is 1.87. The summed E-state index contributed by atoms with van der Waals surface area (Å²) in [7, 11) is -3.68. The summed E-state index contributed by atoms with van der Waals surface area (Å²) in [5.41, 5.74) is -0.125. The lowest BCUT2D eigenvalue weighted by Gasteiger charge is -2.15. The van der Waals surface area contributed by atoms with Crippen molar-refractivity contribution in [2.45, 2.75) is 38.4 Å². The highest BCUT2D eigenvalue weighted by molar-refractivity contribution is 7.91. The molecule has 1 aromatic rings. The van der Waals surface area contributed by atoms with Gasteiger partial charge in [-0.2, -0.15) is 0 Å². The van der Waals surface area contributed by atoms with E-state index >= 15 is 0 Å². The molecule has 0 N–H and O–H groups in total. The van der Waals surface area contributed by atoms with Crippen molar-refractivity contribution in [1.82, 2.24) is 0 Å². The highest BCUT2D eigenvalue weighted by Gasteiger charge is 2.80. The van der Waals surface area contributed by atoms with E-state index in [9.17, 15) is 18.0 Å². The van der Waals surface area contributed by atoms with Crippen LogP contribution in [0.5, 0.6) is 0 Å². The van der Waals surface area contributed by atoms with Gasteiger partial charge in [-0.15, -0.1) is 0 Å². The van der Waals surface area contributed by atoms with Crippen LogP contribution in [0, 0.1) is 5.41 Å². The molecule has 1 fully saturated rings. The lowest BCUT2D eigenvalue weighted by Crippen LogP contribution is -2.35. The van der Waals surface area contributed by atoms with Crippen LogP contribution in [0.2, 0.25) is 0 Å². The van der Waals surface area contributed by atoms with Crippen LogP contribution in [0.25, 0.3) is 0 Å². The molecule has 1 aromatic carbocycles. The second-order valence-electron chi connectivity index (χ2n) is 6.13. The van der Waals surface area contributed by atoms with Gasteiger partial charge < -0.3 is 9.47 Å². The molecule has 1 saturated carbocycles. The van der Waals surface area contributed by atoms with E-state index in [1.54, 1.807) is 26.0 Å². The minimum absolute atomic E-state index is 0.0535. The molecule has 0 spiro atoms. The van der Waals surface area contributed by atoms with Crippen molar-refractivity contribution in [1.29, 1.82) is 0 Å². The molecule has 7 heteroatoms. The Labute approximate surface area is 148 Å². The zero-order valence-electron chi connectivity index (χ0n) is 14.9. The van der Waals surface area contributed by atoms with Crippen molar-refractivity contribution in [3.05, 3.63) is 35.4 Å². The largest absolute Gasteiger partial charge is 0.465 e. The molecule has 1 aliphatic carbocycles. The van der Waals surface area contributed by atoms with E-state index in [0.29, 0.717) is 5.56 Å². The lowest BCUT2D eigenvalue weighted by molar-refractivity contribution is -0.164. The maximum atomic E-state index is 12.6. The van der Waals surface area contributed by atoms with E-state index in [-0.39, 0.29) is 13.2 Å². The van der Waals surface area contributed by atoms with Gasteiger partial charge in [-0.25, -0.2) is 8.42 Å². The van der Waals surface area contributed by atoms with Crippen molar-refractivity contribution >= 4 is 21.8 Å². The van der Waals surface area contributed by atoms with E-state index in [1.807, 2.05) is 19.1 Å². The standard InChI is InChI=1S/C18H24O6S/c1-5-12-8-10-13(11-9-12)14-15(25(4,21)22)18(14,16(19)23-6-2)17(20)24-7-3/h8-11,14-15H,5-7H2,1-4H3/t14-,15-/m0/s1. The number of aryl methyl sites for hydroxylation is 1. The third-order valence-electron chi connectivity index (χ3n) is 4.57. The lowest BCUT2D eigenvalue weighted by atomic mass is 9.98. The Balaban J connectivity index is 2.56. The number of benzene rings is 1. The Morgan fingerprint density at radius 3 is 1.84 bits per heavy atom. The van der Waals surface area contributed by atoms with Gasteiger partial charge in [-0.3, -0.25) is 9.59 Å². The predicted molar refractivity (Wildman–Crippen MR) is 92.9 cm³/mol. The van der Waals surface area contributed by atoms with Crippen molar-refractivity contribution in [3.8, 4) is 0 Å². The fourth-order valence-corrected chi connectivity index (χ4v) is 5.21. The van der Waals surface area contributed by atoms with Gasteiger partial charge in [0.05, 0.1) is 18.5 Å². The molecule has 0 saturated heterocycles. The van der Waals surface area contributed by atoms with Crippen LogP contribution < -0.4 is 0 Å². The van der Waals surface area contributed by atoms with Gasteiger partial charge >= 0.3 is 11.9 Å². The van der Waals surface area contributed by atoms with Gasteiger partial charge in [-0.1, -0.05) is 31.2 Å². The molecule has 2 atom stereocenters. The number of esters is 2. The average molecular weight is 368 g/mol. The molecule has 1 aliphatic rings. The SMILES string of the molecule is CCOC(=O)C1(C(=O)OCC)[C@@H](c2ccc(CC)cc2)[C@@H]1S(C)(=O)=O. The zero-order valence-corrected chi connectivity index (χ0v) is 15.8. The van der Waals surface area contributed by atoms with Gasteiger partial charge in [0.1, 0.15) is 0 Å². The Kier molecular flexibility index (Phi) is 5.56. The Bertz CT molecular complexity index is 732. The molecule has 0 amide bonds. The number of hydrogen-bond donors (Lipinski definition) is 0. The highest BCUT2D eigenvalue weighted by Crippen LogP contribution is 2.64. The second kappa shape index (κ2) is 7.15. The highest BCUT2D eigenvalue weighted by atomic mass is 32.2. The molecule has 0 bridgehead atoms. The van der Waals surface area contributed by atoms with Crippen LogP contribution in [-0.4, -0.2) is 45.1 Å². The van der Waals surface area contributed by atoms with Crippen LogP contribution >= 0.6 is 0 Å². The quantitative estimate of drug-likeness (QED) is 0.539. The van der Waals surface area contributed by atoms with Crippen LogP contribution in [-0.2, 0) is 35.3 Å². The number of ether oxygens (including phenoxy) is 2. The number of sulfone groups is 1. The maximum absolute atomic E-state index is 12.6. The van der Waals surface area contributed by atoms with Crippen LogP contribution in [0.15, 0.2) is 24.3 Å². The molecule has 2 rings (SSSR count). The van der Waals surface area contributed by atoms with Crippen molar-refractivity contribution < 1.29 is 27.5 Å². The van der Waals surface area contributed by atoms with Gasteiger partial charge in [-0.05, 0) is 31.4 Å². The molecule has 0 heterocycles. The smallest absolute Gasteiger partial charge is 0.325 e. The fourth-order valence-electron chi connectivity index (χ4n) is 3.41. The minimum Gasteiger partial charge on any atom is -0.465 e. The zero-order chi connectivity index (χ0) is 18.8. The molecule has 0 aliphatic heterocycles. The monoisotopic (exact) mass is 368 g/mol. The maximum Gasteiger partial charge on any atom is 0.325 e.